The molecule has 0 aromatic heterocycles. The SMILES string of the molecule is CCCC1OC(=O)C(CC(C)C)NC(=O)C(CCS(C)=O)OC(=O)CC(OC)C(C)C2CC(OC)C(C)(O)C(O)(CC(O)C1C)O2. The maximum Gasteiger partial charge on any atom is 0.328 e. The van der Waals surface area contributed by atoms with Crippen molar-refractivity contribution < 1.29 is 57.6 Å². The molecule has 1 amide bonds. The van der Waals surface area contributed by atoms with Crippen molar-refractivity contribution in [3.8, 4) is 0 Å². The van der Waals surface area contributed by atoms with E-state index >= 15 is 0 Å². The number of hydrogen-bond acceptors (Lipinski definition) is 12. The zero-order valence-electron chi connectivity index (χ0n) is 28.9. The van der Waals surface area contributed by atoms with Gasteiger partial charge in [-0.05, 0) is 25.7 Å². The lowest BCUT2D eigenvalue weighted by Gasteiger charge is -2.53. The lowest BCUT2D eigenvalue weighted by Crippen LogP contribution is -2.68. The van der Waals surface area contributed by atoms with Gasteiger partial charge in [-0.15, -0.1) is 0 Å². The van der Waals surface area contributed by atoms with E-state index < -0.39 is 101 Å². The van der Waals surface area contributed by atoms with Gasteiger partial charge >= 0.3 is 11.9 Å². The Kier molecular flexibility index (Phi) is 15.5. The Morgan fingerprint density at radius 1 is 1.07 bits per heavy atom. The molecular weight excluding hydrogens is 622 g/mol. The summed E-state index contributed by atoms with van der Waals surface area (Å²) in [5.74, 6) is -5.70. The fourth-order valence-corrected chi connectivity index (χ4v) is 6.78. The maximum atomic E-state index is 13.6. The number of carbonyl (C=O) groups is 3. The molecule has 2 fully saturated rings. The second-order valence-electron chi connectivity index (χ2n) is 13.5. The van der Waals surface area contributed by atoms with Gasteiger partial charge in [-0.25, -0.2) is 4.79 Å². The van der Waals surface area contributed by atoms with Crippen LogP contribution in [0.1, 0.15) is 86.5 Å². The third-order valence-electron chi connectivity index (χ3n) is 9.40. The Bertz CT molecular complexity index is 1040. The van der Waals surface area contributed by atoms with Crippen LogP contribution in [0.4, 0.5) is 0 Å². The number of cyclic esters (lactones) is 2. The molecule has 0 radical (unpaired) electrons. The molecule has 0 spiro atoms. The molecule has 13 nitrogen and oxygen atoms in total. The molecule has 2 rings (SSSR count). The molecule has 0 aliphatic carbocycles. The van der Waals surface area contributed by atoms with Gasteiger partial charge in [0.1, 0.15) is 17.7 Å². The quantitative estimate of drug-likeness (QED) is 0.258. The number of aliphatic hydroxyl groups is 3. The first-order chi connectivity index (χ1) is 21.4. The average Bonchev–Trinajstić information content (AvgIpc) is 2.96. The lowest BCUT2D eigenvalue weighted by atomic mass is 9.75. The van der Waals surface area contributed by atoms with Crippen molar-refractivity contribution >= 4 is 28.6 Å². The summed E-state index contributed by atoms with van der Waals surface area (Å²) in [4.78, 5) is 40.3. The van der Waals surface area contributed by atoms with E-state index in [2.05, 4.69) is 5.32 Å². The van der Waals surface area contributed by atoms with Gasteiger partial charge in [0.2, 0.25) is 0 Å². The van der Waals surface area contributed by atoms with Gasteiger partial charge in [-0.3, -0.25) is 13.8 Å². The van der Waals surface area contributed by atoms with Gasteiger partial charge < -0.3 is 44.3 Å². The van der Waals surface area contributed by atoms with E-state index in [1.165, 1.54) is 27.4 Å². The molecule has 12 unspecified atom stereocenters. The Morgan fingerprint density at radius 2 is 1.72 bits per heavy atom. The van der Waals surface area contributed by atoms with Crippen molar-refractivity contribution in [1.82, 2.24) is 5.32 Å². The minimum atomic E-state index is -2.29. The Hall–Kier alpha value is -1.68. The summed E-state index contributed by atoms with van der Waals surface area (Å²) in [5, 5.41) is 37.6. The topological polar surface area (TPSA) is 187 Å². The molecule has 14 heteroatoms. The van der Waals surface area contributed by atoms with Crippen LogP contribution < -0.4 is 5.32 Å². The number of methoxy groups -OCH3 is 2. The number of ether oxygens (including phenoxy) is 5. The molecule has 12 atom stereocenters. The first kappa shape index (κ1) is 40.5. The van der Waals surface area contributed by atoms with Crippen molar-refractivity contribution in [2.45, 2.75) is 141 Å². The van der Waals surface area contributed by atoms with E-state index in [0.29, 0.717) is 12.8 Å². The highest BCUT2D eigenvalue weighted by molar-refractivity contribution is 7.84. The molecule has 2 bridgehead atoms. The number of rotatable bonds is 9. The van der Waals surface area contributed by atoms with Crippen molar-refractivity contribution in [2.75, 3.05) is 26.2 Å². The first-order valence-electron chi connectivity index (χ1n) is 16.3. The molecule has 268 valence electrons. The largest absolute Gasteiger partial charge is 0.460 e. The minimum Gasteiger partial charge on any atom is -0.460 e. The lowest BCUT2D eigenvalue weighted by molar-refractivity contribution is -0.377. The van der Waals surface area contributed by atoms with E-state index in [-0.39, 0.29) is 37.4 Å². The fraction of sp³-hybridized carbons (Fsp3) is 0.906. The first-order valence-corrected chi connectivity index (χ1v) is 18.0. The number of carbonyl (C=O) groups excluding carboxylic acids is 3. The number of fused-ring (bicyclic) bond motifs is 2. The number of aliphatic hydroxyl groups excluding tert-OH is 1. The second kappa shape index (κ2) is 17.6. The highest BCUT2D eigenvalue weighted by Crippen LogP contribution is 2.44. The summed E-state index contributed by atoms with van der Waals surface area (Å²) in [7, 11) is 1.52. The Labute approximate surface area is 275 Å². The molecule has 2 aliphatic rings. The molecule has 0 aromatic carbocycles. The summed E-state index contributed by atoms with van der Waals surface area (Å²) in [6.07, 6.45) is -3.91. The van der Waals surface area contributed by atoms with Gasteiger partial charge in [-0.2, -0.15) is 0 Å². The number of hydrogen-bond donors (Lipinski definition) is 4. The number of amides is 1. The predicted octanol–water partition coefficient (Wildman–Crippen LogP) is 1.60. The van der Waals surface area contributed by atoms with E-state index in [0.717, 1.165) is 0 Å². The fourth-order valence-electron chi connectivity index (χ4n) is 6.24. The smallest absolute Gasteiger partial charge is 0.328 e. The van der Waals surface area contributed by atoms with E-state index in [1.54, 1.807) is 13.8 Å². The standard InChI is InChI=1S/C32H57NO12S/c1-10-11-23-19(4)22(34)17-32(39)31(6,38)27(42-8)15-26(45-32)20(5)25(41-7)16-28(35)43-24(12-13-46(9)40)29(36)33-21(14-18(2)3)30(37)44-23/h18-27,34,38-39H,10-17H2,1-9H3,(H,33,36). The van der Waals surface area contributed by atoms with Crippen LogP contribution in [0.5, 0.6) is 0 Å². The molecule has 46 heavy (non-hydrogen) atoms. The third kappa shape index (κ3) is 10.4. The second-order valence-corrected chi connectivity index (χ2v) is 15.1. The maximum absolute atomic E-state index is 13.6. The molecule has 4 N–H and O–H groups in total. The van der Waals surface area contributed by atoms with E-state index in [9.17, 15) is 33.9 Å². The van der Waals surface area contributed by atoms with Crippen molar-refractivity contribution in [3.63, 3.8) is 0 Å². The van der Waals surface area contributed by atoms with Crippen molar-refractivity contribution in [3.05, 3.63) is 0 Å². The van der Waals surface area contributed by atoms with Crippen molar-refractivity contribution in [2.24, 2.45) is 17.8 Å². The number of esters is 2. The normalized spacial score (nSPS) is 39.5. The van der Waals surface area contributed by atoms with Gasteiger partial charge in [0.05, 0.1) is 30.8 Å². The number of nitrogens with one attached hydrogen (secondary N) is 1. The third-order valence-corrected chi connectivity index (χ3v) is 10.2. The van der Waals surface area contributed by atoms with Crippen LogP contribution >= 0.6 is 0 Å². The summed E-state index contributed by atoms with van der Waals surface area (Å²) in [5.41, 5.74) is -1.95. The monoisotopic (exact) mass is 679 g/mol. The zero-order valence-corrected chi connectivity index (χ0v) is 29.7. The van der Waals surface area contributed by atoms with Gasteiger partial charge in [0, 0.05) is 68.1 Å². The van der Waals surface area contributed by atoms with Crippen LogP contribution in [0.25, 0.3) is 0 Å². The van der Waals surface area contributed by atoms with Gasteiger partial charge in [-0.1, -0.05) is 41.0 Å². The van der Waals surface area contributed by atoms with E-state index in [4.69, 9.17) is 23.7 Å². The summed E-state index contributed by atoms with van der Waals surface area (Å²) >= 11 is 0. The average molecular weight is 680 g/mol. The van der Waals surface area contributed by atoms with Crippen LogP contribution in [-0.2, 0) is 48.9 Å². The van der Waals surface area contributed by atoms with Crippen LogP contribution in [0, 0.1) is 17.8 Å². The van der Waals surface area contributed by atoms with Crippen LogP contribution in [-0.4, -0.2) is 118 Å². The Balaban J connectivity index is 2.62. The molecule has 2 heterocycles. The molecular formula is C32H57NO12S. The molecule has 0 aromatic rings. The van der Waals surface area contributed by atoms with Crippen LogP contribution in [0.2, 0.25) is 0 Å². The highest BCUT2D eigenvalue weighted by atomic mass is 32.2. The van der Waals surface area contributed by atoms with Gasteiger partial charge in [0.25, 0.3) is 5.91 Å². The van der Waals surface area contributed by atoms with E-state index in [1.807, 2.05) is 20.8 Å². The Morgan fingerprint density at radius 3 is 2.26 bits per heavy atom. The van der Waals surface area contributed by atoms with Crippen LogP contribution in [0.3, 0.4) is 0 Å². The van der Waals surface area contributed by atoms with Crippen molar-refractivity contribution in [1.29, 1.82) is 0 Å². The van der Waals surface area contributed by atoms with Crippen LogP contribution in [0.15, 0.2) is 0 Å². The van der Waals surface area contributed by atoms with Gasteiger partial charge in [0.15, 0.2) is 11.9 Å². The minimum absolute atomic E-state index is 0.0296. The summed E-state index contributed by atoms with van der Waals surface area (Å²) in [6, 6.07) is -1.09. The molecule has 2 saturated heterocycles. The highest BCUT2D eigenvalue weighted by Gasteiger charge is 2.59. The summed E-state index contributed by atoms with van der Waals surface area (Å²) in [6.45, 7) is 10.5. The zero-order chi connectivity index (χ0) is 35.0. The molecule has 2 aliphatic heterocycles. The predicted molar refractivity (Wildman–Crippen MR) is 170 cm³/mol. The molecule has 0 saturated carbocycles. The summed E-state index contributed by atoms with van der Waals surface area (Å²) < 4.78 is 40.9.